The van der Waals surface area contributed by atoms with Crippen molar-refractivity contribution >= 4 is 17.9 Å². The Morgan fingerprint density at radius 3 is 2.67 bits per heavy atom. The van der Waals surface area contributed by atoms with E-state index in [2.05, 4.69) is 11.3 Å². The van der Waals surface area contributed by atoms with E-state index in [9.17, 15) is 14.4 Å². The molecule has 1 heterocycles. The molecule has 0 spiro atoms. The van der Waals surface area contributed by atoms with Gasteiger partial charge < -0.3 is 9.47 Å². The molecule has 2 fully saturated rings. The van der Waals surface area contributed by atoms with E-state index in [0.717, 1.165) is 6.42 Å². The van der Waals surface area contributed by atoms with Crippen LogP contribution in [0.4, 0.5) is 0 Å². The monoisotopic (exact) mass is 252 g/mol. The second-order valence-electron chi connectivity index (χ2n) is 5.01. The molecule has 0 radical (unpaired) electrons. The van der Waals surface area contributed by atoms with E-state index in [1.54, 1.807) is 6.92 Å². The van der Waals surface area contributed by atoms with Crippen LogP contribution in [0.1, 0.15) is 26.2 Å². The molecule has 1 aliphatic heterocycles. The molecule has 0 N–H and O–H groups in total. The number of hydrogen-bond donors (Lipinski definition) is 0. The van der Waals surface area contributed by atoms with Gasteiger partial charge in [-0.15, -0.1) is 0 Å². The van der Waals surface area contributed by atoms with E-state index < -0.39 is 17.9 Å². The van der Waals surface area contributed by atoms with Gasteiger partial charge in [0.25, 0.3) is 0 Å². The second-order valence-corrected chi connectivity index (χ2v) is 5.01. The molecule has 18 heavy (non-hydrogen) atoms. The number of ether oxygens (including phenoxy) is 2. The zero-order chi connectivity index (χ0) is 13.3. The van der Waals surface area contributed by atoms with Crippen LogP contribution in [-0.4, -0.2) is 24.5 Å². The molecule has 1 saturated heterocycles. The van der Waals surface area contributed by atoms with E-state index in [1.165, 1.54) is 0 Å². The zero-order valence-corrected chi connectivity index (χ0v) is 10.3. The third-order valence-electron chi connectivity index (χ3n) is 3.56. The highest BCUT2D eigenvalue weighted by Crippen LogP contribution is 2.39. The molecule has 1 saturated carbocycles. The number of carbonyl (C=O) groups excluding carboxylic acids is 3. The largest absolute Gasteiger partial charge is 0.462 e. The highest BCUT2D eigenvalue weighted by atomic mass is 16.6. The predicted molar refractivity (Wildman–Crippen MR) is 61.2 cm³/mol. The van der Waals surface area contributed by atoms with Crippen molar-refractivity contribution in [3.8, 4) is 0 Å². The smallest absolute Gasteiger partial charge is 0.333 e. The van der Waals surface area contributed by atoms with Crippen LogP contribution >= 0.6 is 0 Å². The van der Waals surface area contributed by atoms with Crippen molar-refractivity contribution in [1.29, 1.82) is 0 Å². The predicted octanol–water partition coefficient (Wildman–Crippen LogP) is 1.22. The van der Waals surface area contributed by atoms with Gasteiger partial charge in [-0.25, -0.2) is 4.79 Å². The molecule has 3 unspecified atom stereocenters. The second kappa shape index (κ2) is 4.92. The molecule has 1 aliphatic carbocycles. The SMILES string of the molecule is C=C(C)C(=O)OCC1CCC2C(=O)OC(=O)C2C1. The van der Waals surface area contributed by atoms with Crippen molar-refractivity contribution in [2.24, 2.45) is 17.8 Å². The summed E-state index contributed by atoms with van der Waals surface area (Å²) < 4.78 is 9.70. The fourth-order valence-electron chi connectivity index (χ4n) is 2.52. The van der Waals surface area contributed by atoms with Crippen LogP contribution in [0.3, 0.4) is 0 Å². The number of esters is 3. The van der Waals surface area contributed by atoms with Crippen molar-refractivity contribution in [2.75, 3.05) is 6.61 Å². The van der Waals surface area contributed by atoms with Gasteiger partial charge in [0.1, 0.15) is 0 Å². The summed E-state index contributed by atoms with van der Waals surface area (Å²) in [5, 5.41) is 0. The summed E-state index contributed by atoms with van der Waals surface area (Å²) in [6.45, 7) is 5.36. The fraction of sp³-hybridized carbons (Fsp3) is 0.615. The first-order valence-electron chi connectivity index (χ1n) is 6.07. The van der Waals surface area contributed by atoms with Crippen molar-refractivity contribution < 1.29 is 23.9 Å². The lowest BCUT2D eigenvalue weighted by molar-refractivity contribution is -0.153. The summed E-state index contributed by atoms with van der Waals surface area (Å²) in [6, 6.07) is 0. The Bertz CT molecular complexity index is 412. The number of rotatable bonds is 3. The zero-order valence-electron chi connectivity index (χ0n) is 10.3. The van der Waals surface area contributed by atoms with Gasteiger partial charge in [0.15, 0.2) is 0 Å². The Balaban J connectivity index is 1.87. The third kappa shape index (κ3) is 2.44. The topological polar surface area (TPSA) is 69.7 Å². The third-order valence-corrected chi connectivity index (χ3v) is 3.56. The van der Waals surface area contributed by atoms with E-state index in [1.807, 2.05) is 0 Å². The summed E-state index contributed by atoms with van der Waals surface area (Å²) in [5.41, 5.74) is 0.360. The van der Waals surface area contributed by atoms with Crippen LogP contribution < -0.4 is 0 Å². The molecule has 0 amide bonds. The molecule has 98 valence electrons. The summed E-state index contributed by atoms with van der Waals surface area (Å²) in [6.07, 6.45) is 1.95. The molecular weight excluding hydrogens is 236 g/mol. The molecular formula is C13H16O5. The molecule has 2 rings (SSSR count). The fourth-order valence-corrected chi connectivity index (χ4v) is 2.52. The van der Waals surface area contributed by atoms with Crippen LogP contribution in [-0.2, 0) is 23.9 Å². The summed E-state index contributed by atoms with van der Waals surface area (Å²) in [4.78, 5) is 34.0. The molecule has 5 heteroatoms. The van der Waals surface area contributed by atoms with Gasteiger partial charge in [0.05, 0.1) is 18.4 Å². The minimum Gasteiger partial charge on any atom is -0.462 e. The lowest BCUT2D eigenvalue weighted by Crippen LogP contribution is -2.29. The standard InChI is InChI=1S/C13H16O5/c1-7(2)11(14)17-6-8-3-4-9-10(5-8)13(16)18-12(9)15/h8-10H,1,3-6H2,2H3. The van der Waals surface area contributed by atoms with Crippen LogP contribution in [0.2, 0.25) is 0 Å². The maximum Gasteiger partial charge on any atom is 0.333 e. The van der Waals surface area contributed by atoms with Gasteiger partial charge in [0.2, 0.25) is 0 Å². The van der Waals surface area contributed by atoms with Crippen LogP contribution in [0.5, 0.6) is 0 Å². The van der Waals surface area contributed by atoms with Crippen molar-refractivity contribution in [2.45, 2.75) is 26.2 Å². The summed E-state index contributed by atoms with van der Waals surface area (Å²) >= 11 is 0. The molecule has 0 bridgehead atoms. The quantitative estimate of drug-likeness (QED) is 0.429. The molecule has 2 aliphatic rings. The van der Waals surface area contributed by atoms with Gasteiger partial charge in [-0.2, -0.15) is 0 Å². The summed E-state index contributed by atoms with van der Waals surface area (Å²) in [5.74, 6) is -1.76. The average molecular weight is 252 g/mol. The number of fused-ring (bicyclic) bond motifs is 1. The maximum atomic E-state index is 11.4. The van der Waals surface area contributed by atoms with Gasteiger partial charge in [-0.1, -0.05) is 6.58 Å². The van der Waals surface area contributed by atoms with Crippen LogP contribution in [0.15, 0.2) is 12.2 Å². The molecule has 0 aromatic carbocycles. The first-order chi connectivity index (χ1) is 8.49. The van der Waals surface area contributed by atoms with E-state index in [-0.39, 0.29) is 24.4 Å². The van der Waals surface area contributed by atoms with Crippen molar-refractivity contribution in [3.63, 3.8) is 0 Å². The highest BCUT2D eigenvalue weighted by molar-refractivity contribution is 5.96. The van der Waals surface area contributed by atoms with E-state index in [0.29, 0.717) is 18.4 Å². The highest BCUT2D eigenvalue weighted by Gasteiger charge is 2.47. The van der Waals surface area contributed by atoms with Crippen molar-refractivity contribution in [3.05, 3.63) is 12.2 Å². The van der Waals surface area contributed by atoms with Crippen LogP contribution in [0, 0.1) is 17.8 Å². The lowest BCUT2D eigenvalue weighted by Gasteiger charge is -2.27. The number of hydrogen-bond acceptors (Lipinski definition) is 5. The normalized spacial score (nSPS) is 30.6. The van der Waals surface area contributed by atoms with Crippen LogP contribution in [0.25, 0.3) is 0 Å². The Labute approximate surface area is 105 Å². The minimum atomic E-state index is -0.430. The first kappa shape index (κ1) is 12.8. The minimum absolute atomic E-state index is 0.119. The Kier molecular flexibility index (Phi) is 3.50. The summed E-state index contributed by atoms with van der Waals surface area (Å²) in [7, 11) is 0. The number of cyclic esters (lactones) is 2. The van der Waals surface area contributed by atoms with Crippen molar-refractivity contribution in [1.82, 2.24) is 0 Å². The van der Waals surface area contributed by atoms with Gasteiger partial charge in [-0.3, -0.25) is 9.59 Å². The molecule has 3 atom stereocenters. The first-order valence-corrected chi connectivity index (χ1v) is 6.07. The Hall–Kier alpha value is -1.65. The maximum absolute atomic E-state index is 11.4. The Morgan fingerprint density at radius 2 is 2.00 bits per heavy atom. The Morgan fingerprint density at radius 1 is 1.33 bits per heavy atom. The molecule has 0 aromatic rings. The lowest BCUT2D eigenvalue weighted by atomic mass is 9.75. The van der Waals surface area contributed by atoms with E-state index in [4.69, 9.17) is 4.74 Å². The van der Waals surface area contributed by atoms with Gasteiger partial charge in [0, 0.05) is 5.57 Å². The average Bonchev–Trinajstić information content (AvgIpc) is 2.61. The molecule has 5 nitrogen and oxygen atoms in total. The van der Waals surface area contributed by atoms with E-state index >= 15 is 0 Å². The van der Waals surface area contributed by atoms with Gasteiger partial charge >= 0.3 is 17.9 Å². The number of carbonyl (C=O) groups is 3. The van der Waals surface area contributed by atoms with Gasteiger partial charge in [-0.05, 0) is 32.1 Å². The molecule has 0 aromatic heterocycles.